The Morgan fingerprint density at radius 3 is 2.45 bits per heavy atom. The molecule has 0 fully saturated rings. The molecule has 0 aliphatic carbocycles. The van der Waals surface area contributed by atoms with Crippen molar-refractivity contribution in [3.05, 3.63) is 64.2 Å². The second-order valence-electron chi connectivity index (χ2n) is 4.43. The average molecular weight is 301 g/mol. The third-order valence-corrected chi connectivity index (χ3v) is 2.84. The van der Waals surface area contributed by atoms with E-state index in [9.17, 15) is 9.59 Å². The van der Waals surface area contributed by atoms with Crippen molar-refractivity contribution in [3.8, 4) is 0 Å². The van der Waals surface area contributed by atoms with Crippen molar-refractivity contribution in [1.29, 1.82) is 0 Å². The number of benzene rings is 1. The summed E-state index contributed by atoms with van der Waals surface area (Å²) in [4.78, 5) is 27.5. The van der Waals surface area contributed by atoms with Gasteiger partial charge < -0.3 is 15.5 Å². The van der Waals surface area contributed by atoms with Crippen LogP contribution < -0.4 is 11.0 Å². The Hall–Kier alpha value is -2.77. The third kappa shape index (κ3) is 3.87. The lowest BCUT2D eigenvalue weighted by molar-refractivity contribution is 0.102. The van der Waals surface area contributed by atoms with E-state index in [2.05, 4.69) is 10.3 Å². The maximum absolute atomic E-state index is 11.9. The van der Waals surface area contributed by atoms with Crippen molar-refractivity contribution >= 4 is 17.9 Å². The lowest BCUT2D eigenvalue weighted by Crippen LogP contribution is -2.22. The number of nitrogens with zero attached hydrogens (tertiary/aromatic N) is 2. The van der Waals surface area contributed by atoms with E-state index in [1.807, 2.05) is 0 Å². The molecule has 7 nitrogen and oxygen atoms in total. The summed E-state index contributed by atoms with van der Waals surface area (Å²) in [6.07, 6.45) is 2.68. The van der Waals surface area contributed by atoms with Crippen LogP contribution in [-0.4, -0.2) is 38.9 Å². The van der Waals surface area contributed by atoms with Gasteiger partial charge in [0, 0.05) is 18.0 Å². The lowest BCUT2D eigenvalue weighted by atomic mass is 10.2. The molecule has 0 atom stereocenters. The number of amides is 1. The first kappa shape index (κ1) is 15.6. The van der Waals surface area contributed by atoms with Crippen LogP contribution in [0.3, 0.4) is 0 Å². The molecule has 114 valence electrons. The normalized spacial score (nSPS) is 10.1. The van der Waals surface area contributed by atoms with E-state index in [1.165, 1.54) is 18.5 Å². The van der Waals surface area contributed by atoms with Crippen LogP contribution >= 0.6 is 0 Å². The maximum Gasteiger partial charge on any atom is 0.353 e. The molecular formula is C15H15N3O4. The largest absolute Gasteiger partial charge is 0.392 e. The highest BCUT2D eigenvalue weighted by atomic mass is 16.3. The number of aromatic nitrogens is 2. The highest BCUT2D eigenvalue weighted by Crippen LogP contribution is 2.04. The number of hydrogen-bond donors (Lipinski definition) is 3. The molecule has 0 bridgehead atoms. The van der Waals surface area contributed by atoms with Gasteiger partial charge in [-0.2, -0.15) is 4.98 Å². The molecule has 2 rings (SSSR count). The van der Waals surface area contributed by atoms with Crippen molar-refractivity contribution in [1.82, 2.24) is 9.55 Å². The highest BCUT2D eigenvalue weighted by molar-refractivity contribution is 6.03. The molecular weight excluding hydrogens is 286 g/mol. The molecule has 1 aromatic carbocycles. The van der Waals surface area contributed by atoms with Crippen LogP contribution in [0.25, 0.3) is 6.20 Å². The van der Waals surface area contributed by atoms with Gasteiger partial charge in [-0.1, -0.05) is 18.2 Å². The number of hydrogen-bond acceptors (Lipinski definition) is 5. The van der Waals surface area contributed by atoms with E-state index in [4.69, 9.17) is 10.2 Å². The van der Waals surface area contributed by atoms with E-state index in [0.717, 1.165) is 4.57 Å². The predicted octanol–water partition coefficient (Wildman–Crippen LogP) is 0.321. The van der Waals surface area contributed by atoms with Crippen molar-refractivity contribution in [3.63, 3.8) is 0 Å². The topological polar surface area (TPSA) is 104 Å². The number of carbonyl (C=O) groups excluding carboxylic acids is 1. The minimum atomic E-state index is -0.634. The van der Waals surface area contributed by atoms with Crippen LogP contribution in [-0.2, 0) is 0 Å². The van der Waals surface area contributed by atoms with Gasteiger partial charge in [0.15, 0.2) is 0 Å². The fourth-order valence-corrected chi connectivity index (χ4v) is 1.69. The van der Waals surface area contributed by atoms with Gasteiger partial charge in [-0.25, -0.2) is 4.79 Å². The van der Waals surface area contributed by atoms with Crippen LogP contribution in [0.15, 0.2) is 53.0 Å². The lowest BCUT2D eigenvalue weighted by Gasteiger charge is -2.06. The summed E-state index contributed by atoms with van der Waals surface area (Å²) in [5.41, 5.74) is 0.0893. The van der Waals surface area contributed by atoms with Crippen LogP contribution in [0.5, 0.6) is 0 Å². The zero-order valence-electron chi connectivity index (χ0n) is 11.6. The monoisotopic (exact) mass is 301 g/mol. The Morgan fingerprint density at radius 2 is 1.86 bits per heavy atom. The third-order valence-electron chi connectivity index (χ3n) is 2.84. The fourth-order valence-electron chi connectivity index (χ4n) is 1.69. The van der Waals surface area contributed by atoms with Gasteiger partial charge >= 0.3 is 5.69 Å². The van der Waals surface area contributed by atoms with Crippen molar-refractivity contribution < 1.29 is 15.0 Å². The minimum absolute atomic E-state index is 0.123. The van der Waals surface area contributed by atoms with Crippen molar-refractivity contribution in [2.24, 2.45) is 0 Å². The molecule has 0 saturated heterocycles. The Balaban J connectivity index is 2.18. The molecule has 3 N–H and O–H groups in total. The molecule has 7 heteroatoms. The van der Waals surface area contributed by atoms with Crippen molar-refractivity contribution in [2.45, 2.75) is 0 Å². The van der Waals surface area contributed by atoms with Gasteiger partial charge in [0.25, 0.3) is 5.91 Å². The number of nitrogens with one attached hydrogen (secondary N) is 1. The maximum atomic E-state index is 11.9. The molecule has 1 heterocycles. The van der Waals surface area contributed by atoms with Crippen LogP contribution in [0, 0.1) is 0 Å². The first-order chi connectivity index (χ1) is 10.6. The number of anilines is 1. The van der Waals surface area contributed by atoms with E-state index in [0.29, 0.717) is 5.56 Å². The summed E-state index contributed by atoms with van der Waals surface area (Å²) in [7, 11) is 0. The van der Waals surface area contributed by atoms with Gasteiger partial charge in [0.1, 0.15) is 5.82 Å². The Labute approximate surface area is 126 Å². The number of aliphatic hydroxyl groups is 2. The molecule has 0 unspecified atom stereocenters. The second-order valence-corrected chi connectivity index (χ2v) is 4.43. The zero-order chi connectivity index (χ0) is 15.9. The first-order valence-electron chi connectivity index (χ1n) is 6.51. The second kappa shape index (κ2) is 7.30. The smallest absolute Gasteiger partial charge is 0.353 e. The van der Waals surface area contributed by atoms with E-state index >= 15 is 0 Å². The molecule has 1 aromatic heterocycles. The molecule has 1 amide bonds. The first-order valence-corrected chi connectivity index (χ1v) is 6.51. The molecule has 2 aromatic rings. The molecule has 0 radical (unpaired) electrons. The van der Waals surface area contributed by atoms with Crippen LogP contribution in [0.1, 0.15) is 10.4 Å². The van der Waals surface area contributed by atoms with Gasteiger partial charge in [0.2, 0.25) is 0 Å². The van der Waals surface area contributed by atoms with E-state index < -0.39 is 5.69 Å². The minimum Gasteiger partial charge on any atom is -0.392 e. The fraction of sp³-hybridized carbons (Fsp3) is 0.133. The van der Waals surface area contributed by atoms with Crippen LogP contribution in [0.4, 0.5) is 5.82 Å². The zero-order valence-corrected chi connectivity index (χ0v) is 11.6. The van der Waals surface area contributed by atoms with Gasteiger partial charge in [-0.05, 0) is 23.8 Å². The van der Waals surface area contributed by atoms with Crippen molar-refractivity contribution in [2.75, 3.05) is 18.5 Å². The summed E-state index contributed by atoms with van der Waals surface area (Å²) in [6.45, 7) is -0.731. The van der Waals surface area contributed by atoms with E-state index in [-0.39, 0.29) is 30.5 Å². The Bertz CT molecular complexity index is 732. The Kier molecular flexibility index (Phi) is 5.18. The summed E-state index contributed by atoms with van der Waals surface area (Å²) in [5.74, 6) is -0.245. The quantitative estimate of drug-likeness (QED) is 0.738. The van der Waals surface area contributed by atoms with Gasteiger partial charge in [0.05, 0.1) is 13.2 Å². The average Bonchev–Trinajstić information content (AvgIpc) is 2.55. The SMILES string of the molecule is O=C(Nc1ccn(C=C(CO)CO)c(=O)n1)c1ccccc1. The summed E-state index contributed by atoms with van der Waals surface area (Å²) in [5, 5.41) is 20.4. The van der Waals surface area contributed by atoms with E-state index in [1.54, 1.807) is 30.3 Å². The molecule has 0 saturated carbocycles. The predicted molar refractivity (Wildman–Crippen MR) is 81.3 cm³/mol. The summed E-state index contributed by atoms with van der Waals surface area (Å²) < 4.78 is 1.11. The number of rotatable bonds is 5. The number of carbonyl (C=O) groups is 1. The molecule has 22 heavy (non-hydrogen) atoms. The standard InChI is InChI=1S/C15H15N3O4/c19-9-11(10-20)8-18-7-6-13(17-15(18)22)16-14(21)12-4-2-1-3-5-12/h1-8,19-20H,9-10H2,(H,16,17,21,22). The van der Waals surface area contributed by atoms with Crippen LogP contribution in [0.2, 0.25) is 0 Å². The van der Waals surface area contributed by atoms with Gasteiger partial charge in [-0.3, -0.25) is 9.36 Å². The Morgan fingerprint density at radius 1 is 1.18 bits per heavy atom. The number of aliphatic hydroxyl groups excluding tert-OH is 2. The molecule has 0 aliphatic heterocycles. The van der Waals surface area contributed by atoms with Gasteiger partial charge in [-0.15, -0.1) is 0 Å². The molecule has 0 spiro atoms. The highest BCUT2D eigenvalue weighted by Gasteiger charge is 2.07. The molecule has 0 aliphatic rings. The summed E-state index contributed by atoms with van der Waals surface area (Å²) in [6, 6.07) is 10.0. The summed E-state index contributed by atoms with van der Waals surface area (Å²) >= 11 is 0.